The van der Waals surface area contributed by atoms with Crippen LogP contribution in [0.4, 0.5) is 0 Å². The van der Waals surface area contributed by atoms with E-state index in [9.17, 15) is 0 Å². The first kappa shape index (κ1) is 11.0. The van der Waals surface area contributed by atoms with Crippen molar-refractivity contribution in [3.05, 3.63) is 0 Å². The monoisotopic (exact) mass is 185 g/mol. The second-order valence-corrected chi connectivity index (χ2v) is 4.14. The molecule has 0 aromatic carbocycles. The van der Waals surface area contributed by atoms with Crippen LogP contribution in [0.3, 0.4) is 0 Å². The van der Waals surface area contributed by atoms with Crippen molar-refractivity contribution in [2.75, 3.05) is 13.2 Å². The van der Waals surface area contributed by atoms with Crippen LogP contribution < -0.4 is 5.73 Å². The highest BCUT2D eigenvalue weighted by molar-refractivity contribution is 4.75. The Morgan fingerprint density at radius 1 is 1.23 bits per heavy atom. The average Bonchev–Trinajstić information content (AvgIpc) is 2.32. The fourth-order valence-corrected chi connectivity index (χ4v) is 2.00. The van der Waals surface area contributed by atoms with Gasteiger partial charge in [-0.15, -0.1) is 0 Å². The predicted molar refractivity (Wildman–Crippen MR) is 55.7 cm³/mol. The minimum absolute atomic E-state index is 0.388. The minimum atomic E-state index is 0.388. The van der Waals surface area contributed by atoms with Gasteiger partial charge in [-0.25, -0.2) is 0 Å². The van der Waals surface area contributed by atoms with Gasteiger partial charge in [-0.05, 0) is 25.2 Å². The molecular formula is C11H23NO. The maximum atomic E-state index is 6.08. The highest BCUT2D eigenvalue weighted by atomic mass is 16.5. The molecule has 0 aliphatic heterocycles. The van der Waals surface area contributed by atoms with Gasteiger partial charge >= 0.3 is 0 Å². The minimum Gasteiger partial charge on any atom is -0.381 e. The van der Waals surface area contributed by atoms with Crippen LogP contribution in [0.1, 0.15) is 45.4 Å². The van der Waals surface area contributed by atoms with Gasteiger partial charge in [0.2, 0.25) is 0 Å². The third kappa shape index (κ3) is 4.10. The molecular weight excluding hydrogens is 162 g/mol. The van der Waals surface area contributed by atoms with Gasteiger partial charge in [0.05, 0.1) is 6.61 Å². The SMILES string of the molecule is CCCOCC1CCCCCC1N. The zero-order chi connectivity index (χ0) is 9.52. The molecule has 0 radical (unpaired) electrons. The van der Waals surface area contributed by atoms with Gasteiger partial charge in [-0.2, -0.15) is 0 Å². The van der Waals surface area contributed by atoms with Crippen LogP contribution in [0.2, 0.25) is 0 Å². The third-order valence-electron chi connectivity index (χ3n) is 2.90. The average molecular weight is 185 g/mol. The highest BCUT2D eigenvalue weighted by Crippen LogP contribution is 2.22. The Balaban J connectivity index is 2.19. The molecule has 2 unspecified atom stereocenters. The molecule has 1 aliphatic rings. The smallest absolute Gasteiger partial charge is 0.0509 e. The molecule has 0 heterocycles. The van der Waals surface area contributed by atoms with E-state index in [0.29, 0.717) is 12.0 Å². The number of hydrogen-bond acceptors (Lipinski definition) is 2. The maximum Gasteiger partial charge on any atom is 0.0509 e. The lowest BCUT2D eigenvalue weighted by molar-refractivity contribution is 0.0879. The Hall–Kier alpha value is -0.0800. The van der Waals surface area contributed by atoms with E-state index in [1.807, 2.05) is 0 Å². The van der Waals surface area contributed by atoms with Crippen LogP contribution in [0.5, 0.6) is 0 Å². The summed E-state index contributed by atoms with van der Waals surface area (Å²) in [5.41, 5.74) is 6.08. The van der Waals surface area contributed by atoms with Crippen LogP contribution in [-0.2, 0) is 4.74 Å². The molecule has 0 aromatic rings. The molecule has 2 nitrogen and oxygen atoms in total. The van der Waals surface area contributed by atoms with E-state index < -0.39 is 0 Å². The highest BCUT2D eigenvalue weighted by Gasteiger charge is 2.19. The van der Waals surface area contributed by atoms with E-state index in [-0.39, 0.29) is 0 Å². The summed E-state index contributed by atoms with van der Waals surface area (Å²) in [6.45, 7) is 3.92. The second kappa shape index (κ2) is 6.39. The van der Waals surface area contributed by atoms with E-state index in [0.717, 1.165) is 19.6 Å². The first-order chi connectivity index (χ1) is 6.34. The van der Waals surface area contributed by atoms with Crippen molar-refractivity contribution in [3.63, 3.8) is 0 Å². The van der Waals surface area contributed by atoms with Gasteiger partial charge in [0.25, 0.3) is 0 Å². The van der Waals surface area contributed by atoms with Crippen LogP contribution in [0, 0.1) is 5.92 Å². The van der Waals surface area contributed by atoms with Crippen LogP contribution >= 0.6 is 0 Å². The van der Waals surface area contributed by atoms with Gasteiger partial charge in [0.15, 0.2) is 0 Å². The van der Waals surface area contributed by atoms with Crippen molar-refractivity contribution in [2.45, 2.75) is 51.5 Å². The van der Waals surface area contributed by atoms with Gasteiger partial charge in [0, 0.05) is 12.6 Å². The van der Waals surface area contributed by atoms with Gasteiger partial charge in [-0.1, -0.05) is 26.2 Å². The lowest BCUT2D eigenvalue weighted by Crippen LogP contribution is -2.32. The summed E-state index contributed by atoms with van der Waals surface area (Å²) >= 11 is 0. The second-order valence-electron chi connectivity index (χ2n) is 4.14. The van der Waals surface area contributed by atoms with Crippen molar-refractivity contribution in [1.82, 2.24) is 0 Å². The standard InChI is InChI=1S/C11H23NO/c1-2-8-13-9-10-6-4-3-5-7-11(10)12/h10-11H,2-9,12H2,1H3. The zero-order valence-corrected chi connectivity index (χ0v) is 8.80. The lowest BCUT2D eigenvalue weighted by Gasteiger charge is -2.20. The number of hydrogen-bond donors (Lipinski definition) is 1. The van der Waals surface area contributed by atoms with E-state index in [2.05, 4.69) is 6.92 Å². The van der Waals surface area contributed by atoms with Crippen molar-refractivity contribution in [3.8, 4) is 0 Å². The molecule has 2 atom stereocenters. The van der Waals surface area contributed by atoms with E-state index in [1.54, 1.807) is 0 Å². The molecule has 13 heavy (non-hydrogen) atoms. The number of nitrogens with two attached hydrogens (primary N) is 1. The van der Waals surface area contributed by atoms with Gasteiger partial charge in [0.1, 0.15) is 0 Å². The van der Waals surface area contributed by atoms with Crippen molar-refractivity contribution in [1.29, 1.82) is 0 Å². The zero-order valence-electron chi connectivity index (χ0n) is 8.80. The molecule has 1 fully saturated rings. The first-order valence-electron chi connectivity index (χ1n) is 5.68. The quantitative estimate of drug-likeness (QED) is 0.539. The fourth-order valence-electron chi connectivity index (χ4n) is 2.00. The summed E-state index contributed by atoms with van der Waals surface area (Å²) in [5, 5.41) is 0. The molecule has 1 saturated carbocycles. The molecule has 0 saturated heterocycles. The van der Waals surface area contributed by atoms with Gasteiger partial charge < -0.3 is 10.5 Å². The van der Waals surface area contributed by atoms with Crippen LogP contribution in [-0.4, -0.2) is 19.3 Å². The van der Waals surface area contributed by atoms with Crippen LogP contribution in [0.15, 0.2) is 0 Å². The van der Waals surface area contributed by atoms with Crippen molar-refractivity contribution < 1.29 is 4.74 Å². The summed E-state index contributed by atoms with van der Waals surface area (Å²) in [7, 11) is 0. The Morgan fingerprint density at radius 2 is 2.00 bits per heavy atom. The molecule has 2 N–H and O–H groups in total. The van der Waals surface area contributed by atoms with Crippen molar-refractivity contribution >= 4 is 0 Å². The van der Waals surface area contributed by atoms with E-state index >= 15 is 0 Å². The van der Waals surface area contributed by atoms with Gasteiger partial charge in [-0.3, -0.25) is 0 Å². The number of rotatable bonds is 4. The van der Waals surface area contributed by atoms with Crippen molar-refractivity contribution in [2.24, 2.45) is 11.7 Å². The summed E-state index contributed by atoms with van der Waals surface area (Å²) in [5.74, 6) is 0.619. The Labute approximate surface area is 81.8 Å². The molecule has 2 heteroatoms. The molecule has 1 aliphatic carbocycles. The van der Waals surface area contributed by atoms with E-state index in [1.165, 1.54) is 32.1 Å². The summed E-state index contributed by atoms with van der Waals surface area (Å²) in [6, 6.07) is 0.388. The van der Waals surface area contributed by atoms with Crippen LogP contribution in [0.25, 0.3) is 0 Å². The maximum absolute atomic E-state index is 6.08. The molecule has 0 amide bonds. The summed E-state index contributed by atoms with van der Waals surface area (Å²) in [6.07, 6.45) is 7.59. The third-order valence-corrected chi connectivity index (χ3v) is 2.90. The topological polar surface area (TPSA) is 35.2 Å². The number of ether oxygens (including phenoxy) is 1. The Bertz CT molecular complexity index is 127. The predicted octanol–water partition coefficient (Wildman–Crippen LogP) is 2.32. The molecule has 0 bridgehead atoms. The lowest BCUT2D eigenvalue weighted by atomic mass is 9.97. The fraction of sp³-hybridized carbons (Fsp3) is 1.00. The summed E-state index contributed by atoms with van der Waals surface area (Å²) in [4.78, 5) is 0. The Morgan fingerprint density at radius 3 is 2.77 bits per heavy atom. The largest absolute Gasteiger partial charge is 0.381 e. The summed E-state index contributed by atoms with van der Waals surface area (Å²) < 4.78 is 5.57. The van der Waals surface area contributed by atoms with E-state index in [4.69, 9.17) is 10.5 Å². The molecule has 1 rings (SSSR count). The Kier molecular flexibility index (Phi) is 5.40. The first-order valence-corrected chi connectivity index (χ1v) is 5.68. The molecule has 0 spiro atoms. The molecule has 0 aromatic heterocycles. The normalized spacial score (nSPS) is 30.0. The molecule has 78 valence electrons.